The van der Waals surface area contributed by atoms with Gasteiger partial charge in [-0.1, -0.05) is 11.6 Å². The Morgan fingerprint density at radius 2 is 1.61 bits per heavy atom. The Morgan fingerprint density at radius 3 is 2.21 bits per heavy atom. The molecule has 2 aromatic carbocycles. The largest absolute Gasteiger partial charge is 0.455 e. The van der Waals surface area contributed by atoms with Crippen molar-refractivity contribution in [2.75, 3.05) is 23.8 Å². The van der Waals surface area contributed by atoms with E-state index in [2.05, 4.69) is 16.1 Å². The van der Waals surface area contributed by atoms with Crippen molar-refractivity contribution in [3.8, 4) is 0 Å². The molecular weight excluding hydrogens is 452 g/mol. The van der Waals surface area contributed by atoms with Crippen LogP contribution < -0.4 is 16.1 Å². The van der Waals surface area contributed by atoms with Crippen LogP contribution in [-0.2, 0) is 23.9 Å². The van der Waals surface area contributed by atoms with Gasteiger partial charge in [-0.05, 0) is 48.5 Å². The van der Waals surface area contributed by atoms with Crippen LogP contribution in [0.15, 0.2) is 48.5 Å². The van der Waals surface area contributed by atoms with Gasteiger partial charge < -0.3 is 15.4 Å². The second-order valence-electron chi connectivity index (χ2n) is 7.27. The minimum atomic E-state index is -0.812. The van der Waals surface area contributed by atoms with Gasteiger partial charge in [0.15, 0.2) is 6.61 Å². The molecule has 1 heterocycles. The molecule has 4 amide bonds. The average molecular weight is 473 g/mol. The Morgan fingerprint density at radius 1 is 1.00 bits per heavy atom. The highest BCUT2D eigenvalue weighted by Gasteiger charge is 2.36. The molecule has 1 fully saturated rings. The minimum Gasteiger partial charge on any atom is -0.455 e. The van der Waals surface area contributed by atoms with Gasteiger partial charge in [-0.25, -0.2) is 0 Å². The van der Waals surface area contributed by atoms with Crippen molar-refractivity contribution in [2.24, 2.45) is 5.92 Å². The fraction of sp³-hybridized carbons (Fsp3) is 0.227. The number of rotatable bonds is 7. The predicted molar refractivity (Wildman–Crippen MR) is 119 cm³/mol. The van der Waals surface area contributed by atoms with Crippen LogP contribution in [0, 0.1) is 5.92 Å². The van der Waals surface area contributed by atoms with E-state index in [0.717, 1.165) is 5.01 Å². The second kappa shape index (κ2) is 10.6. The Labute approximate surface area is 194 Å². The smallest absolute Gasteiger partial charge is 0.311 e. The lowest BCUT2D eigenvalue weighted by molar-refractivity contribution is -0.151. The van der Waals surface area contributed by atoms with Gasteiger partial charge in [0.1, 0.15) is 0 Å². The van der Waals surface area contributed by atoms with Crippen molar-refractivity contribution in [1.82, 2.24) is 10.4 Å². The van der Waals surface area contributed by atoms with E-state index in [1.165, 1.54) is 19.1 Å². The number of hydrazine groups is 1. The Bertz CT molecular complexity index is 1070. The number of halogens is 1. The topological polar surface area (TPSA) is 134 Å². The number of nitrogens with one attached hydrogen (secondary N) is 3. The highest BCUT2D eigenvalue weighted by atomic mass is 35.5. The fourth-order valence-electron chi connectivity index (χ4n) is 3.05. The maximum atomic E-state index is 12.3. The Hall–Kier alpha value is -3.92. The first-order valence-corrected chi connectivity index (χ1v) is 10.3. The number of amides is 4. The lowest BCUT2D eigenvalue weighted by atomic mass is 10.1. The third kappa shape index (κ3) is 6.78. The summed E-state index contributed by atoms with van der Waals surface area (Å²) in [6.07, 6.45) is -0.147. The normalized spacial score (nSPS) is 15.0. The summed E-state index contributed by atoms with van der Waals surface area (Å²) in [5.74, 6) is -3.27. The van der Waals surface area contributed by atoms with Crippen molar-refractivity contribution >= 4 is 52.6 Å². The van der Waals surface area contributed by atoms with Gasteiger partial charge in [-0.3, -0.25) is 34.4 Å². The molecule has 1 atom stereocenters. The van der Waals surface area contributed by atoms with Gasteiger partial charge in [-0.15, -0.1) is 0 Å². The van der Waals surface area contributed by atoms with Crippen LogP contribution in [0.25, 0.3) is 0 Å². The van der Waals surface area contributed by atoms with E-state index in [-0.39, 0.29) is 18.9 Å². The highest BCUT2D eigenvalue weighted by molar-refractivity contribution is 6.30. The van der Waals surface area contributed by atoms with Crippen molar-refractivity contribution in [1.29, 1.82) is 0 Å². The van der Waals surface area contributed by atoms with Crippen molar-refractivity contribution < 1.29 is 28.7 Å². The van der Waals surface area contributed by atoms with Gasteiger partial charge in [0.2, 0.25) is 11.8 Å². The summed E-state index contributed by atoms with van der Waals surface area (Å²) >= 11 is 5.79. The quantitative estimate of drug-likeness (QED) is 0.527. The molecule has 0 bridgehead atoms. The second-order valence-corrected chi connectivity index (χ2v) is 7.70. The summed E-state index contributed by atoms with van der Waals surface area (Å²) < 4.78 is 5.02. The van der Waals surface area contributed by atoms with Gasteiger partial charge in [0.25, 0.3) is 11.8 Å². The van der Waals surface area contributed by atoms with Crippen molar-refractivity contribution in [3.05, 3.63) is 59.1 Å². The molecular formula is C22H21ClN4O6. The van der Waals surface area contributed by atoms with Crippen LogP contribution >= 0.6 is 11.6 Å². The fourth-order valence-corrected chi connectivity index (χ4v) is 3.18. The molecule has 0 aliphatic carbocycles. The van der Waals surface area contributed by atoms with E-state index in [4.69, 9.17) is 16.3 Å². The number of hydrogen-bond donors (Lipinski definition) is 3. The summed E-state index contributed by atoms with van der Waals surface area (Å²) in [7, 11) is 0. The molecule has 0 unspecified atom stereocenters. The molecule has 1 aliphatic heterocycles. The van der Waals surface area contributed by atoms with E-state index >= 15 is 0 Å². The molecule has 33 heavy (non-hydrogen) atoms. The van der Waals surface area contributed by atoms with Gasteiger partial charge >= 0.3 is 5.97 Å². The molecule has 10 nitrogen and oxygen atoms in total. The standard InChI is InChI=1S/C22H21ClN4O6/c1-13(28)24-17-6-8-18(9-7-17)25-19(29)12-33-22(32)15-10-20(30)27(11-15)26-21(31)14-2-4-16(23)5-3-14/h2-9,15H,10-12H2,1H3,(H,24,28)(H,25,29)(H,26,31)/t15-/m1/s1. The first kappa shape index (κ1) is 23.7. The monoisotopic (exact) mass is 472 g/mol. The Balaban J connectivity index is 1.45. The van der Waals surface area contributed by atoms with E-state index in [0.29, 0.717) is 22.0 Å². The molecule has 172 valence electrons. The molecule has 0 radical (unpaired) electrons. The van der Waals surface area contributed by atoms with Crippen LogP contribution in [0.3, 0.4) is 0 Å². The molecule has 1 saturated heterocycles. The van der Waals surface area contributed by atoms with Crippen LogP contribution in [0.4, 0.5) is 11.4 Å². The van der Waals surface area contributed by atoms with Crippen molar-refractivity contribution in [2.45, 2.75) is 13.3 Å². The van der Waals surface area contributed by atoms with Gasteiger partial charge in [0.05, 0.1) is 12.5 Å². The zero-order chi connectivity index (χ0) is 24.0. The zero-order valence-electron chi connectivity index (χ0n) is 17.6. The SMILES string of the molecule is CC(=O)Nc1ccc(NC(=O)COC(=O)[C@@H]2CC(=O)N(NC(=O)c3ccc(Cl)cc3)C2)cc1. The first-order valence-electron chi connectivity index (χ1n) is 9.92. The third-order valence-corrected chi connectivity index (χ3v) is 4.89. The lowest BCUT2D eigenvalue weighted by Crippen LogP contribution is -2.43. The van der Waals surface area contributed by atoms with Gasteiger partial charge in [-0.2, -0.15) is 0 Å². The maximum absolute atomic E-state index is 12.3. The molecule has 3 N–H and O–H groups in total. The maximum Gasteiger partial charge on any atom is 0.311 e. The van der Waals surface area contributed by atoms with Crippen LogP contribution in [0.5, 0.6) is 0 Å². The Kier molecular flexibility index (Phi) is 7.62. The van der Waals surface area contributed by atoms with E-state index < -0.39 is 36.2 Å². The zero-order valence-corrected chi connectivity index (χ0v) is 18.3. The molecule has 3 rings (SSSR count). The minimum absolute atomic E-state index is 0.0662. The number of carbonyl (C=O) groups is 5. The predicted octanol–water partition coefficient (Wildman–Crippen LogP) is 1.97. The number of benzene rings is 2. The summed E-state index contributed by atoms with van der Waals surface area (Å²) in [6, 6.07) is 12.5. The van der Waals surface area contributed by atoms with E-state index in [1.54, 1.807) is 36.4 Å². The molecule has 1 aliphatic rings. The van der Waals surface area contributed by atoms with Crippen LogP contribution in [0.1, 0.15) is 23.7 Å². The average Bonchev–Trinajstić information content (AvgIpc) is 3.13. The summed E-state index contributed by atoms with van der Waals surface area (Å²) in [5.41, 5.74) is 3.79. The number of ether oxygens (including phenoxy) is 1. The number of esters is 1. The summed E-state index contributed by atoms with van der Waals surface area (Å²) in [4.78, 5) is 59.8. The van der Waals surface area contributed by atoms with E-state index in [9.17, 15) is 24.0 Å². The highest BCUT2D eigenvalue weighted by Crippen LogP contribution is 2.19. The van der Waals surface area contributed by atoms with Crippen molar-refractivity contribution in [3.63, 3.8) is 0 Å². The van der Waals surface area contributed by atoms with Crippen LogP contribution in [-0.4, -0.2) is 47.8 Å². The molecule has 0 saturated carbocycles. The number of anilines is 2. The summed E-state index contributed by atoms with van der Waals surface area (Å²) in [5, 5.41) is 6.69. The first-order chi connectivity index (χ1) is 15.7. The molecule has 0 spiro atoms. The lowest BCUT2D eigenvalue weighted by Gasteiger charge is -2.17. The van der Waals surface area contributed by atoms with E-state index in [1.807, 2.05) is 0 Å². The summed E-state index contributed by atoms with van der Waals surface area (Å²) in [6.45, 7) is 0.784. The number of hydrogen-bond acceptors (Lipinski definition) is 6. The molecule has 11 heteroatoms. The van der Waals surface area contributed by atoms with Gasteiger partial charge in [0, 0.05) is 35.3 Å². The molecule has 0 aromatic heterocycles. The third-order valence-electron chi connectivity index (χ3n) is 4.64. The number of carbonyl (C=O) groups excluding carboxylic acids is 5. The van der Waals surface area contributed by atoms with Crippen LogP contribution in [0.2, 0.25) is 5.02 Å². The molecule has 2 aromatic rings. The number of nitrogens with zero attached hydrogens (tertiary/aromatic N) is 1.